The van der Waals surface area contributed by atoms with Crippen molar-refractivity contribution >= 4 is 0 Å². The largest absolute Gasteiger partial charge is 0.353 e. The summed E-state index contributed by atoms with van der Waals surface area (Å²) in [6.45, 7) is 7.25. The van der Waals surface area contributed by atoms with Gasteiger partial charge in [0.2, 0.25) is 0 Å². The van der Waals surface area contributed by atoms with Gasteiger partial charge >= 0.3 is 0 Å². The predicted octanol–water partition coefficient (Wildman–Crippen LogP) is 1.40. The average molecular weight is 209 g/mol. The zero-order valence-electron chi connectivity index (χ0n) is 6.31. The molecule has 0 radical (unpaired) electrons. The molecule has 54 valence electrons. The number of ether oxygens (including phenoxy) is 2. The van der Waals surface area contributed by atoms with Crippen molar-refractivity contribution in [2.24, 2.45) is 0 Å². The van der Waals surface area contributed by atoms with E-state index in [0.29, 0.717) is 0 Å². The fraction of sp³-hybridized carbons (Fsp3) is 1.00. The van der Waals surface area contributed by atoms with Crippen LogP contribution in [0.5, 0.6) is 0 Å². The first-order valence-corrected chi connectivity index (χ1v) is 3.04. The molecule has 0 saturated carbocycles. The van der Waals surface area contributed by atoms with Crippen molar-refractivity contribution in [2.45, 2.75) is 27.1 Å². The van der Waals surface area contributed by atoms with Gasteiger partial charge in [-0.3, -0.25) is 0 Å². The SMILES string of the molecule is CCOC(C)OCC.[Zr]. The molecule has 0 aliphatic heterocycles. The van der Waals surface area contributed by atoms with E-state index in [9.17, 15) is 0 Å². The van der Waals surface area contributed by atoms with Gasteiger partial charge in [0.15, 0.2) is 6.29 Å². The van der Waals surface area contributed by atoms with E-state index in [-0.39, 0.29) is 32.5 Å². The van der Waals surface area contributed by atoms with Crippen molar-refractivity contribution in [3.63, 3.8) is 0 Å². The Bertz CT molecular complexity index is 44.3. The second-order valence-electron chi connectivity index (χ2n) is 1.48. The van der Waals surface area contributed by atoms with Crippen molar-refractivity contribution in [3.8, 4) is 0 Å². The van der Waals surface area contributed by atoms with Crippen molar-refractivity contribution in [1.29, 1.82) is 0 Å². The van der Waals surface area contributed by atoms with Gasteiger partial charge in [0, 0.05) is 39.4 Å². The maximum absolute atomic E-state index is 5.06. The average Bonchev–Trinajstić information content (AvgIpc) is 1.68. The van der Waals surface area contributed by atoms with Crippen LogP contribution >= 0.6 is 0 Å². The number of rotatable bonds is 4. The van der Waals surface area contributed by atoms with E-state index in [1.54, 1.807) is 0 Å². The molecule has 0 atom stereocenters. The first-order valence-electron chi connectivity index (χ1n) is 3.04. The normalized spacial score (nSPS) is 9.33. The fourth-order valence-corrected chi connectivity index (χ4v) is 0.518. The maximum Gasteiger partial charge on any atom is 0.154 e. The van der Waals surface area contributed by atoms with Crippen LogP contribution in [-0.2, 0) is 35.7 Å². The molecule has 0 aromatic carbocycles. The molecule has 0 rings (SSSR count). The van der Waals surface area contributed by atoms with E-state index < -0.39 is 0 Å². The molecule has 0 aliphatic carbocycles. The topological polar surface area (TPSA) is 18.5 Å². The molecule has 2 nitrogen and oxygen atoms in total. The molecule has 0 unspecified atom stereocenters. The molecule has 0 aliphatic rings. The summed E-state index contributed by atoms with van der Waals surface area (Å²) in [5, 5.41) is 0. The van der Waals surface area contributed by atoms with Gasteiger partial charge in [-0.05, 0) is 20.8 Å². The van der Waals surface area contributed by atoms with E-state index in [4.69, 9.17) is 9.47 Å². The van der Waals surface area contributed by atoms with Gasteiger partial charge in [-0.15, -0.1) is 0 Å². The summed E-state index contributed by atoms with van der Waals surface area (Å²) in [6, 6.07) is 0. The zero-order chi connectivity index (χ0) is 6.41. The van der Waals surface area contributed by atoms with E-state index in [0.717, 1.165) is 13.2 Å². The molecular weight excluding hydrogens is 195 g/mol. The Morgan fingerprint density at radius 1 is 1.11 bits per heavy atom. The van der Waals surface area contributed by atoms with Gasteiger partial charge in [-0.1, -0.05) is 0 Å². The van der Waals surface area contributed by atoms with Crippen molar-refractivity contribution in [2.75, 3.05) is 13.2 Å². The van der Waals surface area contributed by atoms with Crippen molar-refractivity contribution < 1.29 is 35.7 Å². The Labute approximate surface area is 76.0 Å². The third-order valence-corrected chi connectivity index (χ3v) is 0.803. The number of hydrogen-bond acceptors (Lipinski definition) is 2. The summed E-state index contributed by atoms with van der Waals surface area (Å²) >= 11 is 0. The predicted molar refractivity (Wildman–Crippen MR) is 32.7 cm³/mol. The molecule has 0 heterocycles. The Balaban J connectivity index is 0. The van der Waals surface area contributed by atoms with Crippen LogP contribution in [0.3, 0.4) is 0 Å². The zero-order valence-corrected chi connectivity index (χ0v) is 8.77. The second kappa shape index (κ2) is 8.80. The van der Waals surface area contributed by atoms with E-state index in [1.165, 1.54) is 0 Å². The molecule has 0 N–H and O–H groups in total. The first-order chi connectivity index (χ1) is 3.81. The van der Waals surface area contributed by atoms with E-state index >= 15 is 0 Å². The van der Waals surface area contributed by atoms with Crippen LogP contribution in [0.4, 0.5) is 0 Å². The Kier molecular flexibility index (Phi) is 12.2. The Hall–Kier alpha value is 0.803. The van der Waals surface area contributed by atoms with Crippen LogP contribution in [-0.4, -0.2) is 19.5 Å². The summed E-state index contributed by atoms with van der Waals surface area (Å²) in [4.78, 5) is 0. The molecule has 0 fully saturated rings. The molecule has 0 spiro atoms. The molecule has 0 aromatic rings. The van der Waals surface area contributed by atoms with Gasteiger partial charge < -0.3 is 9.47 Å². The molecule has 9 heavy (non-hydrogen) atoms. The Morgan fingerprint density at radius 2 is 1.44 bits per heavy atom. The molecular formula is C6H14O2Zr. The summed E-state index contributed by atoms with van der Waals surface area (Å²) in [7, 11) is 0. The van der Waals surface area contributed by atoms with E-state index in [1.807, 2.05) is 20.8 Å². The minimum Gasteiger partial charge on any atom is -0.353 e. The van der Waals surface area contributed by atoms with Crippen LogP contribution in [0.25, 0.3) is 0 Å². The summed E-state index contributed by atoms with van der Waals surface area (Å²) in [6.07, 6.45) is -0.0370. The second-order valence-corrected chi connectivity index (χ2v) is 1.48. The summed E-state index contributed by atoms with van der Waals surface area (Å²) in [5.74, 6) is 0. The van der Waals surface area contributed by atoms with Gasteiger partial charge in [-0.25, -0.2) is 0 Å². The third-order valence-electron chi connectivity index (χ3n) is 0.803. The van der Waals surface area contributed by atoms with Crippen molar-refractivity contribution in [1.82, 2.24) is 0 Å². The molecule has 0 bridgehead atoms. The van der Waals surface area contributed by atoms with E-state index in [2.05, 4.69) is 0 Å². The molecule has 0 amide bonds. The summed E-state index contributed by atoms with van der Waals surface area (Å²) < 4.78 is 10.1. The van der Waals surface area contributed by atoms with Crippen LogP contribution in [0, 0.1) is 0 Å². The maximum atomic E-state index is 5.06. The van der Waals surface area contributed by atoms with Crippen LogP contribution in [0.15, 0.2) is 0 Å². The Morgan fingerprint density at radius 3 is 1.67 bits per heavy atom. The van der Waals surface area contributed by atoms with Gasteiger partial charge in [-0.2, -0.15) is 0 Å². The molecule has 3 heteroatoms. The standard InChI is InChI=1S/C6H14O2.Zr/c1-4-7-6(3)8-5-2;/h6H,4-5H2,1-3H3;. The van der Waals surface area contributed by atoms with Crippen molar-refractivity contribution in [3.05, 3.63) is 0 Å². The summed E-state index contributed by atoms with van der Waals surface area (Å²) in [5.41, 5.74) is 0. The van der Waals surface area contributed by atoms with Crippen LogP contribution in [0.2, 0.25) is 0 Å². The van der Waals surface area contributed by atoms with Gasteiger partial charge in [0.1, 0.15) is 0 Å². The van der Waals surface area contributed by atoms with Crippen LogP contribution < -0.4 is 0 Å². The minimum absolute atomic E-state index is 0. The first kappa shape index (κ1) is 12.5. The molecule has 0 aromatic heterocycles. The monoisotopic (exact) mass is 208 g/mol. The molecule has 0 saturated heterocycles. The van der Waals surface area contributed by atoms with Crippen LogP contribution in [0.1, 0.15) is 20.8 Å². The quantitative estimate of drug-likeness (QED) is 0.652. The smallest absolute Gasteiger partial charge is 0.154 e. The number of hydrogen-bond donors (Lipinski definition) is 0. The fourth-order valence-electron chi connectivity index (χ4n) is 0.518. The minimum atomic E-state index is -0.0370. The van der Waals surface area contributed by atoms with Gasteiger partial charge in [0.25, 0.3) is 0 Å². The van der Waals surface area contributed by atoms with Gasteiger partial charge in [0.05, 0.1) is 0 Å². The third kappa shape index (κ3) is 8.80.